The van der Waals surface area contributed by atoms with Gasteiger partial charge in [0.1, 0.15) is 5.82 Å². The molecule has 1 aromatic heterocycles. The first-order valence-corrected chi connectivity index (χ1v) is 7.26. The van der Waals surface area contributed by atoms with E-state index >= 15 is 0 Å². The lowest BCUT2D eigenvalue weighted by Gasteiger charge is -2.13. The molecule has 2 heterocycles. The van der Waals surface area contributed by atoms with Crippen molar-refractivity contribution in [3.63, 3.8) is 0 Å². The summed E-state index contributed by atoms with van der Waals surface area (Å²) in [4.78, 5) is 8.67. The highest BCUT2D eigenvalue weighted by atomic mass is 35.5. The molecule has 0 saturated heterocycles. The molecule has 0 bridgehead atoms. The van der Waals surface area contributed by atoms with Gasteiger partial charge in [-0.25, -0.2) is 9.97 Å². The average molecular weight is 309 g/mol. The second kappa shape index (κ2) is 5.95. The summed E-state index contributed by atoms with van der Waals surface area (Å²) < 4.78 is 0. The van der Waals surface area contributed by atoms with E-state index < -0.39 is 0 Å². The van der Waals surface area contributed by atoms with Gasteiger partial charge in [-0.15, -0.1) is 0 Å². The Balaban J connectivity index is 1.96. The first kappa shape index (κ1) is 13.6. The minimum absolute atomic E-state index is 0.280. The highest BCUT2D eigenvalue weighted by Crippen LogP contribution is 2.25. The van der Waals surface area contributed by atoms with E-state index in [0.29, 0.717) is 5.02 Å². The summed E-state index contributed by atoms with van der Waals surface area (Å²) in [7, 11) is 0. The summed E-state index contributed by atoms with van der Waals surface area (Å²) in [5, 5.41) is 7.65. The van der Waals surface area contributed by atoms with Crippen LogP contribution in [0.2, 0.25) is 10.3 Å². The maximum absolute atomic E-state index is 6.02. The van der Waals surface area contributed by atoms with Crippen LogP contribution < -0.4 is 10.6 Å². The number of nitrogens with zero attached hydrogens (tertiary/aromatic N) is 2. The molecule has 0 saturated carbocycles. The van der Waals surface area contributed by atoms with Crippen LogP contribution in [0.4, 0.5) is 11.5 Å². The van der Waals surface area contributed by atoms with E-state index in [2.05, 4.69) is 20.6 Å². The number of hydrogen-bond acceptors (Lipinski definition) is 4. The van der Waals surface area contributed by atoms with Crippen LogP contribution >= 0.6 is 23.2 Å². The van der Waals surface area contributed by atoms with Gasteiger partial charge < -0.3 is 10.6 Å². The van der Waals surface area contributed by atoms with Gasteiger partial charge in [-0.3, -0.25) is 0 Å². The predicted molar refractivity (Wildman–Crippen MR) is 82.1 cm³/mol. The molecule has 2 N–H and O–H groups in total. The van der Waals surface area contributed by atoms with Gasteiger partial charge in [0.05, 0.1) is 5.69 Å². The Morgan fingerprint density at radius 3 is 2.55 bits per heavy atom. The summed E-state index contributed by atoms with van der Waals surface area (Å²) >= 11 is 11.9. The fourth-order valence-electron chi connectivity index (χ4n) is 2.29. The molecule has 20 heavy (non-hydrogen) atoms. The van der Waals surface area contributed by atoms with E-state index in [4.69, 9.17) is 23.2 Å². The third-order valence-electron chi connectivity index (χ3n) is 3.26. The summed E-state index contributed by atoms with van der Waals surface area (Å²) in [5.41, 5.74) is 3.09. The second-order valence-electron chi connectivity index (χ2n) is 4.65. The van der Waals surface area contributed by atoms with E-state index in [1.54, 1.807) is 0 Å². The minimum atomic E-state index is 0.280. The average Bonchev–Trinajstić information content (AvgIpc) is 2.66. The van der Waals surface area contributed by atoms with E-state index in [1.165, 1.54) is 0 Å². The quantitative estimate of drug-likeness (QED) is 0.836. The van der Waals surface area contributed by atoms with Crippen molar-refractivity contribution in [2.75, 3.05) is 18.4 Å². The molecule has 2 aromatic rings. The minimum Gasteiger partial charge on any atom is -0.340 e. The van der Waals surface area contributed by atoms with Crippen LogP contribution in [0.15, 0.2) is 24.3 Å². The molecule has 0 amide bonds. The van der Waals surface area contributed by atoms with E-state index in [-0.39, 0.29) is 5.28 Å². The van der Waals surface area contributed by atoms with Gasteiger partial charge in [0.2, 0.25) is 5.28 Å². The Morgan fingerprint density at radius 1 is 1.00 bits per heavy atom. The van der Waals surface area contributed by atoms with Crippen LogP contribution in [0.3, 0.4) is 0 Å². The zero-order chi connectivity index (χ0) is 13.9. The molecule has 6 heteroatoms. The number of halogens is 2. The molecule has 1 aromatic carbocycles. The Labute approximate surface area is 127 Å². The smallest absolute Gasteiger partial charge is 0.224 e. The maximum atomic E-state index is 6.02. The standard InChI is InChI=1S/C14H14Cl2N4/c15-9-1-3-10(4-2-9)18-13-11-5-7-17-8-6-12(11)19-14(16)20-13/h1-4,17H,5-8H2,(H,18,19,20). The summed E-state index contributed by atoms with van der Waals surface area (Å²) in [6.45, 7) is 1.84. The van der Waals surface area contributed by atoms with Gasteiger partial charge in [-0.05, 0) is 48.8 Å². The number of rotatable bonds is 2. The van der Waals surface area contributed by atoms with Crippen molar-refractivity contribution in [1.82, 2.24) is 15.3 Å². The van der Waals surface area contributed by atoms with Crippen molar-refractivity contribution < 1.29 is 0 Å². The number of benzene rings is 1. The van der Waals surface area contributed by atoms with Crippen LogP contribution in [0.25, 0.3) is 0 Å². The molecular weight excluding hydrogens is 295 g/mol. The van der Waals surface area contributed by atoms with Crippen LogP contribution in [-0.2, 0) is 12.8 Å². The fraction of sp³-hybridized carbons (Fsp3) is 0.286. The monoisotopic (exact) mass is 308 g/mol. The zero-order valence-corrected chi connectivity index (χ0v) is 12.3. The largest absolute Gasteiger partial charge is 0.340 e. The summed E-state index contributed by atoms with van der Waals surface area (Å²) in [6.07, 6.45) is 1.76. The third kappa shape index (κ3) is 3.03. The van der Waals surface area contributed by atoms with Gasteiger partial charge >= 0.3 is 0 Å². The van der Waals surface area contributed by atoms with Gasteiger partial charge in [0.15, 0.2) is 0 Å². The van der Waals surface area contributed by atoms with E-state index in [9.17, 15) is 0 Å². The lowest BCUT2D eigenvalue weighted by atomic mass is 10.1. The summed E-state index contributed by atoms with van der Waals surface area (Å²) in [6, 6.07) is 7.51. The van der Waals surface area contributed by atoms with Crippen molar-refractivity contribution >= 4 is 34.7 Å². The van der Waals surface area contributed by atoms with Gasteiger partial charge in [-0.2, -0.15) is 0 Å². The number of aromatic nitrogens is 2. The lowest BCUT2D eigenvalue weighted by Crippen LogP contribution is -2.16. The van der Waals surface area contributed by atoms with Crippen LogP contribution in [0.1, 0.15) is 11.3 Å². The van der Waals surface area contributed by atoms with E-state index in [1.807, 2.05) is 24.3 Å². The number of fused-ring (bicyclic) bond motifs is 1. The molecule has 1 aliphatic heterocycles. The molecule has 0 spiro atoms. The van der Waals surface area contributed by atoms with Crippen molar-refractivity contribution in [2.45, 2.75) is 12.8 Å². The molecule has 0 fully saturated rings. The second-order valence-corrected chi connectivity index (χ2v) is 5.42. The van der Waals surface area contributed by atoms with Crippen LogP contribution in [0.5, 0.6) is 0 Å². The molecule has 104 valence electrons. The van der Waals surface area contributed by atoms with E-state index in [0.717, 1.165) is 48.7 Å². The molecule has 0 aliphatic carbocycles. The Bertz CT molecular complexity index is 613. The fourth-order valence-corrected chi connectivity index (χ4v) is 2.60. The Morgan fingerprint density at radius 2 is 1.75 bits per heavy atom. The van der Waals surface area contributed by atoms with Crippen molar-refractivity contribution in [3.05, 3.63) is 45.8 Å². The maximum Gasteiger partial charge on any atom is 0.224 e. The molecule has 0 radical (unpaired) electrons. The van der Waals surface area contributed by atoms with Gasteiger partial charge in [0.25, 0.3) is 0 Å². The van der Waals surface area contributed by atoms with Crippen molar-refractivity contribution in [1.29, 1.82) is 0 Å². The number of anilines is 2. The Hall–Kier alpha value is -1.36. The van der Waals surface area contributed by atoms with Gasteiger partial charge in [0, 0.05) is 29.2 Å². The Kier molecular flexibility index (Phi) is 4.05. The third-order valence-corrected chi connectivity index (χ3v) is 3.68. The lowest BCUT2D eigenvalue weighted by molar-refractivity contribution is 0.708. The topological polar surface area (TPSA) is 49.8 Å². The molecule has 0 atom stereocenters. The van der Waals surface area contributed by atoms with Crippen molar-refractivity contribution in [3.8, 4) is 0 Å². The first-order chi connectivity index (χ1) is 9.72. The van der Waals surface area contributed by atoms with Crippen molar-refractivity contribution in [2.24, 2.45) is 0 Å². The number of hydrogen-bond donors (Lipinski definition) is 2. The molecule has 0 unspecified atom stereocenters. The molecule has 3 rings (SSSR count). The number of nitrogens with one attached hydrogen (secondary N) is 2. The highest BCUT2D eigenvalue weighted by Gasteiger charge is 2.16. The van der Waals surface area contributed by atoms with Gasteiger partial charge in [-0.1, -0.05) is 11.6 Å². The van der Waals surface area contributed by atoms with Crippen LogP contribution in [-0.4, -0.2) is 23.1 Å². The van der Waals surface area contributed by atoms with Crippen LogP contribution in [0, 0.1) is 0 Å². The normalized spacial score (nSPS) is 14.5. The zero-order valence-electron chi connectivity index (χ0n) is 10.8. The first-order valence-electron chi connectivity index (χ1n) is 6.51. The molecule has 4 nitrogen and oxygen atoms in total. The highest BCUT2D eigenvalue weighted by molar-refractivity contribution is 6.30. The molecule has 1 aliphatic rings. The SMILES string of the molecule is Clc1ccc(Nc2nc(Cl)nc3c2CCNCC3)cc1. The predicted octanol–water partition coefficient (Wildman–Crippen LogP) is 3.22. The summed E-state index contributed by atoms with van der Waals surface area (Å²) in [5.74, 6) is 0.783. The molecular formula is C14H14Cl2N4.